The van der Waals surface area contributed by atoms with Crippen molar-refractivity contribution in [2.24, 2.45) is 7.05 Å². The molecule has 33 heavy (non-hydrogen) atoms. The summed E-state index contributed by atoms with van der Waals surface area (Å²) in [4.78, 5) is 25.1. The van der Waals surface area contributed by atoms with Crippen molar-refractivity contribution in [1.82, 2.24) is 19.5 Å². The Balaban J connectivity index is 1.51. The van der Waals surface area contributed by atoms with E-state index < -0.39 is 0 Å². The van der Waals surface area contributed by atoms with E-state index in [4.69, 9.17) is 0 Å². The predicted molar refractivity (Wildman–Crippen MR) is 129 cm³/mol. The zero-order chi connectivity index (χ0) is 23.1. The Morgan fingerprint density at radius 3 is 2.52 bits per heavy atom. The largest absolute Gasteiger partial charge is 0.326 e. The second-order valence-corrected chi connectivity index (χ2v) is 8.11. The van der Waals surface area contributed by atoms with Crippen molar-refractivity contribution < 1.29 is 4.39 Å². The fourth-order valence-electron chi connectivity index (χ4n) is 3.95. The van der Waals surface area contributed by atoms with Crippen molar-refractivity contribution in [3.05, 3.63) is 94.4 Å². The quantitative estimate of drug-likeness (QED) is 0.388. The predicted octanol–water partition coefficient (Wildman–Crippen LogP) is 5.49. The summed E-state index contributed by atoms with van der Waals surface area (Å²) in [5.41, 5.74) is 6.50. The average Bonchev–Trinajstić information content (AvgIpc) is 3.27. The first kappa shape index (κ1) is 20.6. The molecule has 0 saturated carbocycles. The highest BCUT2D eigenvalue weighted by molar-refractivity contribution is 5.85. The van der Waals surface area contributed by atoms with Gasteiger partial charge < -0.3 is 14.9 Å². The number of aromatic amines is 1. The molecule has 0 aliphatic rings. The summed E-state index contributed by atoms with van der Waals surface area (Å²) in [6.07, 6.45) is 3.49. The van der Waals surface area contributed by atoms with Crippen LogP contribution in [0.4, 0.5) is 16.0 Å². The summed E-state index contributed by atoms with van der Waals surface area (Å²) < 4.78 is 14.9. The van der Waals surface area contributed by atoms with Gasteiger partial charge in [0.1, 0.15) is 5.82 Å². The summed E-state index contributed by atoms with van der Waals surface area (Å²) in [7, 11) is 1.78. The number of aryl methyl sites for hydroxylation is 3. The first-order chi connectivity index (χ1) is 15.9. The fourth-order valence-corrected chi connectivity index (χ4v) is 3.95. The van der Waals surface area contributed by atoms with Gasteiger partial charge in [0.15, 0.2) is 0 Å². The highest BCUT2D eigenvalue weighted by Gasteiger charge is 2.13. The number of nitrogens with zero attached hydrogens (tertiary/aromatic N) is 3. The Morgan fingerprint density at radius 2 is 1.73 bits per heavy atom. The van der Waals surface area contributed by atoms with Crippen LogP contribution in [-0.2, 0) is 7.05 Å². The Labute approximate surface area is 189 Å². The molecule has 0 unspecified atom stereocenters. The molecule has 0 fully saturated rings. The molecule has 3 heterocycles. The Morgan fingerprint density at radius 1 is 0.939 bits per heavy atom. The first-order valence-electron chi connectivity index (χ1n) is 10.5. The van der Waals surface area contributed by atoms with Crippen molar-refractivity contribution in [3.63, 3.8) is 0 Å². The summed E-state index contributed by atoms with van der Waals surface area (Å²) >= 11 is 0. The van der Waals surface area contributed by atoms with Gasteiger partial charge in [0.2, 0.25) is 5.95 Å². The van der Waals surface area contributed by atoms with Gasteiger partial charge in [-0.3, -0.25) is 9.78 Å². The maximum absolute atomic E-state index is 13.2. The number of H-pyrrole nitrogens is 1. The van der Waals surface area contributed by atoms with E-state index in [1.165, 1.54) is 12.1 Å². The van der Waals surface area contributed by atoms with E-state index in [1.807, 2.05) is 44.2 Å². The van der Waals surface area contributed by atoms with E-state index in [-0.39, 0.29) is 11.4 Å². The van der Waals surface area contributed by atoms with Gasteiger partial charge in [-0.2, -0.15) is 0 Å². The lowest BCUT2D eigenvalue weighted by Gasteiger charge is -2.13. The highest BCUT2D eigenvalue weighted by Crippen LogP contribution is 2.28. The van der Waals surface area contributed by atoms with E-state index in [9.17, 15) is 9.18 Å². The van der Waals surface area contributed by atoms with Crippen molar-refractivity contribution in [1.29, 1.82) is 0 Å². The Bertz CT molecular complexity index is 1550. The molecule has 164 valence electrons. The lowest BCUT2D eigenvalue weighted by atomic mass is 9.99. The number of nitrogens with one attached hydrogen (secondary N) is 2. The molecule has 0 atom stereocenters. The van der Waals surface area contributed by atoms with E-state index in [0.29, 0.717) is 11.5 Å². The third-order valence-electron chi connectivity index (χ3n) is 5.77. The van der Waals surface area contributed by atoms with Crippen LogP contribution in [0.25, 0.3) is 33.3 Å². The molecule has 6 nitrogen and oxygen atoms in total. The second kappa shape index (κ2) is 8.02. The summed E-state index contributed by atoms with van der Waals surface area (Å²) in [5.74, 6) is 0.268. The van der Waals surface area contributed by atoms with E-state index in [1.54, 1.807) is 36.1 Å². The number of aromatic nitrogens is 4. The molecule has 0 saturated heterocycles. The zero-order valence-electron chi connectivity index (χ0n) is 18.5. The van der Waals surface area contributed by atoms with E-state index >= 15 is 0 Å². The van der Waals surface area contributed by atoms with Crippen LogP contribution in [-0.4, -0.2) is 19.5 Å². The number of halogens is 1. The summed E-state index contributed by atoms with van der Waals surface area (Å²) in [5, 5.41) is 4.17. The highest BCUT2D eigenvalue weighted by atomic mass is 19.1. The molecule has 5 aromatic rings. The van der Waals surface area contributed by atoms with Crippen LogP contribution >= 0.6 is 0 Å². The van der Waals surface area contributed by atoms with Crippen LogP contribution in [0.1, 0.15) is 11.3 Å². The molecule has 0 aliphatic carbocycles. The molecule has 2 N–H and O–H groups in total. The van der Waals surface area contributed by atoms with Crippen molar-refractivity contribution >= 4 is 22.5 Å². The maximum Gasteiger partial charge on any atom is 0.258 e. The smallest absolute Gasteiger partial charge is 0.258 e. The van der Waals surface area contributed by atoms with Crippen LogP contribution < -0.4 is 10.9 Å². The minimum absolute atomic E-state index is 0.0649. The molecule has 5 rings (SSSR count). The van der Waals surface area contributed by atoms with Crippen molar-refractivity contribution in [3.8, 4) is 22.4 Å². The van der Waals surface area contributed by atoms with Gasteiger partial charge >= 0.3 is 0 Å². The molecule has 7 heteroatoms. The normalized spacial score (nSPS) is 11.2. The molecule has 3 aromatic heterocycles. The summed E-state index contributed by atoms with van der Waals surface area (Å²) in [6, 6.07) is 15.9. The van der Waals surface area contributed by atoms with Gasteiger partial charge in [-0.05, 0) is 79.1 Å². The van der Waals surface area contributed by atoms with Gasteiger partial charge in [0.05, 0.1) is 17.4 Å². The van der Waals surface area contributed by atoms with Gasteiger partial charge in [0.25, 0.3) is 5.56 Å². The second-order valence-electron chi connectivity index (χ2n) is 8.11. The monoisotopic (exact) mass is 439 g/mol. The number of imidazole rings is 1. The third kappa shape index (κ3) is 3.89. The molecule has 0 bridgehead atoms. The standard InChI is InChI=1S/C26H22FN5O/c1-15-4-9-20(30-26-29-14-23(31-26)17-5-7-19(27)8-6-17)12-21(15)22-11-18-13-28-16(2)10-24(18)32(3)25(22)33/h4-14H,1-3H3,(H2,29,30,31). The minimum Gasteiger partial charge on any atom is -0.326 e. The van der Waals surface area contributed by atoms with Crippen molar-refractivity contribution in [2.75, 3.05) is 5.32 Å². The molecule has 0 spiro atoms. The minimum atomic E-state index is -0.283. The Hall–Kier alpha value is -4.26. The molecule has 0 amide bonds. The third-order valence-corrected chi connectivity index (χ3v) is 5.77. The maximum atomic E-state index is 13.2. The number of anilines is 2. The lowest BCUT2D eigenvalue weighted by Crippen LogP contribution is -2.19. The van der Waals surface area contributed by atoms with Crippen LogP contribution in [0.2, 0.25) is 0 Å². The van der Waals surface area contributed by atoms with Gasteiger partial charge in [-0.25, -0.2) is 9.37 Å². The SMILES string of the molecule is Cc1cc2c(cn1)cc(-c1cc(Nc3ncc(-c4ccc(F)cc4)[nH]3)ccc1C)c(=O)n2C. The van der Waals surface area contributed by atoms with Crippen LogP contribution in [0.3, 0.4) is 0 Å². The topological polar surface area (TPSA) is 75.6 Å². The molecule has 0 radical (unpaired) electrons. The number of hydrogen-bond acceptors (Lipinski definition) is 4. The van der Waals surface area contributed by atoms with Crippen LogP contribution in [0.5, 0.6) is 0 Å². The fraction of sp³-hybridized carbons (Fsp3) is 0.115. The number of benzene rings is 2. The van der Waals surface area contributed by atoms with E-state index in [2.05, 4.69) is 20.3 Å². The van der Waals surface area contributed by atoms with Gasteiger partial charge in [-0.15, -0.1) is 0 Å². The average molecular weight is 439 g/mol. The number of rotatable bonds is 4. The van der Waals surface area contributed by atoms with Gasteiger partial charge in [0, 0.05) is 35.6 Å². The number of hydrogen-bond donors (Lipinski definition) is 2. The number of fused-ring (bicyclic) bond motifs is 1. The Kier molecular flexibility index (Phi) is 5.01. The first-order valence-corrected chi connectivity index (χ1v) is 10.5. The van der Waals surface area contributed by atoms with Crippen LogP contribution in [0.15, 0.2) is 71.8 Å². The molecule has 2 aromatic carbocycles. The van der Waals surface area contributed by atoms with Crippen LogP contribution in [0, 0.1) is 19.7 Å². The zero-order valence-corrected chi connectivity index (χ0v) is 18.5. The van der Waals surface area contributed by atoms with Crippen molar-refractivity contribution in [2.45, 2.75) is 13.8 Å². The number of pyridine rings is 2. The molecule has 0 aliphatic heterocycles. The summed E-state index contributed by atoms with van der Waals surface area (Å²) in [6.45, 7) is 3.89. The molecular formula is C26H22FN5O. The van der Waals surface area contributed by atoms with E-state index in [0.717, 1.165) is 44.7 Å². The van der Waals surface area contributed by atoms with Gasteiger partial charge in [-0.1, -0.05) is 6.07 Å². The molecular weight excluding hydrogens is 417 g/mol. The lowest BCUT2D eigenvalue weighted by molar-refractivity contribution is 0.628.